The van der Waals surface area contributed by atoms with Gasteiger partial charge in [0.2, 0.25) is 0 Å². The van der Waals surface area contributed by atoms with E-state index in [1.165, 1.54) is 17.4 Å². The molecule has 0 amide bonds. The van der Waals surface area contributed by atoms with Crippen LogP contribution >= 0.6 is 0 Å². The quantitative estimate of drug-likeness (QED) is 0.897. The van der Waals surface area contributed by atoms with Crippen LogP contribution < -0.4 is 5.32 Å². The fourth-order valence-corrected chi connectivity index (χ4v) is 3.18. The maximum Gasteiger partial charge on any atom is 0.0751 e. The fourth-order valence-electron chi connectivity index (χ4n) is 3.18. The average Bonchev–Trinajstić information content (AvgIpc) is 2.46. The Bertz CT molecular complexity index is 597. The van der Waals surface area contributed by atoms with Gasteiger partial charge in [-0.25, -0.2) is 0 Å². The van der Waals surface area contributed by atoms with Crippen LogP contribution in [-0.4, -0.2) is 22.7 Å². The Balaban J connectivity index is 1.76. The number of aliphatic hydroxyl groups is 1. The molecule has 1 aromatic carbocycles. The van der Waals surface area contributed by atoms with E-state index in [4.69, 9.17) is 0 Å². The molecule has 1 saturated carbocycles. The number of hydrogen-bond donors (Lipinski definition) is 2. The van der Waals surface area contributed by atoms with Crippen LogP contribution in [0.25, 0.3) is 10.9 Å². The number of nitrogens with zero attached hydrogens (tertiary/aromatic N) is 1. The van der Waals surface area contributed by atoms with Gasteiger partial charge in [-0.3, -0.25) is 4.98 Å². The molecule has 3 heteroatoms. The number of anilines is 1. The van der Waals surface area contributed by atoms with Crippen LogP contribution in [0.4, 0.5) is 5.69 Å². The molecule has 2 N–H and O–H groups in total. The summed E-state index contributed by atoms with van der Waals surface area (Å²) < 4.78 is 0. The summed E-state index contributed by atoms with van der Waals surface area (Å²) >= 11 is 0. The molecule has 0 radical (unpaired) electrons. The fraction of sp³-hybridized carbons (Fsp3) is 0.471. The lowest BCUT2D eigenvalue weighted by atomic mass is 9.87. The number of benzene rings is 1. The molecular formula is C17H22N2O. The molecule has 0 aliphatic heterocycles. The maximum atomic E-state index is 9.75. The predicted octanol–water partition coefficient (Wildman–Crippen LogP) is 3.51. The number of fused-ring (bicyclic) bond motifs is 1. The minimum absolute atomic E-state index is 0.105. The molecule has 2 aromatic rings. The second kappa shape index (κ2) is 5.80. The van der Waals surface area contributed by atoms with E-state index in [9.17, 15) is 5.11 Å². The van der Waals surface area contributed by atoms with E-state index >= 15 is 0 Å². The van der Waals surface area contributed by atoms with Gasteiger partial charge >= 0.3 is 0 Å². The Morgan fingerprint density at radius 2 is 2.20 bits per heavy atom. The van der Waals surface area contributed by atoms with Crippen molar-refractivity contribution in [2.45, 2.75) is 38.7 Å². The van der Waals surface area contributed by atoms with Crippen LogP contribution in [0.15, 0.2) is 30.5 Å². The number of rotatable bonds is 3. The highest BCUT2D eigenvalue weighted by atomic mass is 16.3. The molecule has 2 unspecified atom stereocenters. The lowest BCUT2D eigenvalue weighted by Crippen LogP contribution is -2.25. The summed E-state index contributed by atoms with van der Waals surface area (Å²) in [5, 5.41) is 14.5. The van der Waals surface area contributed by atoms with Gasteiger partial charge in [0.05, 0.1) is 11.6 Å². The Hall–Kier alpha value is -1.61. The first-order chi connectivity index (χ1) is 9.74. The van der Waals surface area contributed by atoms with Gasteiger partial charge in [-0.15, -0.1) is 0 Å². The number of hydrogen-bond acceptors (Lipinski definition) is 3. The summed E-state index contributed by atoms with van der Waals surface area (Å²) in [6.45, 7) is 3.03. The first-order valence-corrected chi connectivity index (χ1v) is 7.50. The Labute approximate surface area is 120 Å². The summed E-state index contributed by atoms with van der Waals surface area (Å²) in [6.07, 6.45) is 6.01. The van der Waals surface area contributed by atoms with Crippen LogP contribution in [0, 0.1) is 12.8 Å². The number of aliphatic hydroxyl groups excluding tert-OH is 1. The molecule has 1 aromatic heterocycles. The van der Waals surface area contributed by atoms with E-state index in [0.717, 1.165) is 37.0 Å². The van der Waals surface area contributed by atoms with Gasteiger partial charge in [0.25, 0.3) is 0 Å². The van der Waals surface area contributed by atoms with Crippen molar-refractivity contribution in [2.75, 3.05) is 11.9 Å². The van der Waals surface area contributed by atoms with Crippen molar-refractivity contribution >= 4 is 16.6 Å². The molecule has 0 spiro atoms. The predicted molar refractivity (Wildman–Crippen MR) is 82.9 cm³/mol. The smallest absolute Gasteiger partial charge is 0.0751 e. The monoisotopic (exact) mass is 270 g/mol. The number of para-hydroxylation sites is 1. The summed E-state index contributed by atoms with van der Waals surface area (Å²) in [4.78, 5) is 4.47. The summed E-state index contributed by atoms with van der Waals surface area (Å²) in [5.41, 5.74) is 3.43. The van der Waals surface area contributed by atoms with Crippen molar-refractivity contribution in [3.63, 3.8) is 0 Å². The second-order valence-electron chi connectivity index (χ2n) is 5.90. The largest absolute Gasteiger partial charge is 0.393 e. The molecule has 1 fully saturated rings. The molecule has 0 saturated heterocycles. The van der Waals surface area contributed by atoms with E-state index in [1.54, 1.807) is 0 Å². The zero-order valence-electron chi connectivity index (χ0n) is 12.0. The highest BCUT2D eigenvalue weighted by Crippen LogP contribution is 2.27. The Kier molecular flexibility index (Phi) is 3.88. The first-order valence-electron chi connectivity index (χ1n) is 7.50. The lowest BCUT2D eigenvalue weighted by Gasteiger charge is -2.26. The average molecular weight is 270 g/mol. The molecule has 1 aliphatic rings. The minimum Gasteiger partial charge on any atom is -0.393 e. The van der Waals surface area contributed by atoms with Gasteiger partial charge in [-0.05, 0) is 43.7 Å². The van der Waals surface area contributed by atoms with Gasteiger partial charge in [0.15, 0.2) is 0 Å². The molecule has 2 atom stereocenters. The van der Waals surface area contributed by atoms with Crippen LogP contribution in [0.3, 0.4) is 0 Å². The van der Waals surface area contributed by atoms with E-state index in [2.05, 4.69) is 35.4 Å². The van der Waals surface area contributed by atoms with E-state index in [1.807, 2.05) is 12.3 Å². The van der Waals surface area contributed by atoms with Crippen LogP contribution in [0.2, 0.25) is 0 Å². The van der Waals surface area contributed by atoms with Crippen molar-refractivity contribution < 1.29 is 5.11 Å². The topological polar surface area (TPSA) is 45.1 Å². The van der Waals surface area contributed by atoms with Crippen molar-refractivity contribution in [2.24, 2.45) is 5.92 Å². The van der Waals surface area contributed by atoms with Crippen molar-refractivity contribution in [3.05, 3.63) is 36.0 Å². The molecular weight excluding hydrogens is 248 g/mol. The summed E-state index contributed by atoms with van der Waals surface area (Å²) in [7, 11) is 0. The van der Waals surface area contributed by atoms with Gasteiger partial charge in [0, 0.05) is 23.8 Å². The zero-order chi connectivity index (χ0) is 13.9. The lowest BCUT2D eigenvalue weighted by molar-refractivity contribution is 0.105. The third-order valence-corrected chi connectivity index (χ3v) is 4.31. The number of aryl methyl sites for hydroxylation is 1. The number of nitrogens with one attached hydrogen (secondary N) is 1. The van der Waals surface area contributed by atoms with E-state index in [0.29, 0.717) is 5.92 Å². The highest BCUT2D eigenvalue weighted by molar-refractivity contribution is 5.92. The van der Waals surface area contributed by atoms with Crippen molar-refractivity contribution in [1.29, 1.82) is 0 Å². The van der Waals surface area contributed by atoms with E-state index < -0.39 is 0 Å². The van der Waals surface area contributed by atoms with Gasteiger partial charge in [0.1, 0.15) is 0 Å². The third-order valence-electron chi connectivity index (χ3n) is 4.31. The van der Waals surface area contributed by atoms with Gasteiger partial charge in [-0.2, -0.15) is 0 Å². The number of aromatic nitrogens is 1. The summed E-state index contributed by atoms with van der Waals surface area (Å²) in [5.74, 6) is 0.576. The SMILES string of the molecule is Cc1cccc2c(NCC3CCCC(O)C3)ccnc12. The van der Waals surface area contributed by atoms with Gasteiger partial charge < -0.3 is 10.4 Å². The molecule has 3 rings (SSSR count). The zero-order valence-corrected chi connectivity index (χ0v) is 12.0. The Morgan fingerprint density at radius 1 is 1.30 bits per heavy atom. The van der Waals surface area contributed by atoms with Crippen LogP contribution in [0.5, 0.6) is 0 Å². The molecule has 20 heavy (non-hydrogen) atoms. The maximum absolute atomic E-state index is 9.75. The van der Waals surface area contributed by atoms with Gasteiger partial charge in [-0.1, -0.05) is 24.6 Å². The minimum atomic E-state index is -0.105. The Morgan fingerprint density at radius 3 is 3.05 bits per heavy atom. The molecule has 0 bridgehead atoms. The van der Waals surface area contributed by atoms with Crippen molar-refractivity contribution in [1.82, 2.24) is 4.98 Å². The first kappa shape index (κ1) is 13.4. The summed E-state index contributed by atoms with van der Waals surface area (Å²) in [6, 6.07) is 8.33. The van der Waals surface area contributed by atoms with Crippen molar-refractivity contribution in [3.8, 4) is 0 Å². The third kappa shape index (κ3) is 2.78. The standard InChI is InChI=1S/C17H22N2O/c1-12-4-2-7-15-16(8-9-18-17(12)15)19-11-13-5-3-6-14(20)10-13/h2,4,7-9,13-14,20H,3,5-6,10-11H2,1H3,(H,18,19). The van der Waals surface area contributed by atoms with E-state index in [-0.39, 0.29) is 6.10 Å². The highest BCUT2D eigenvalue weighted by Gasteiger charge is 2.19. The van der Waals surface area contributed by atoms with Crippen LogP contribution in [-0.2, 0) is 0 Å². The number of pyridine rings is 1. The normalized spacial score (nSPS) is 22.9. The molecule has 1 aliphatic carbocycles. The molecule has 3 nitrogen and oxygen atoms in total. The molecule has 1 heterocycles. The molecule has 106 valence electrons. The van der Waals surface area contributed by atoms with Crippen LogP contribution in [0.1, 0.15) is 31.2 Å². The second-order valence-corrected chi connectivity index (χ2v) is 5.90.